The van der Waals surface area contributed by atoms with Gasteiger partial charge in [-0.1, -0.05) is 56.2 Å². The maximum absolute atomic E-state index is 12.8. The summed E-state index contributed by atoms with van der Waals surface area (Å²) in [5.74, 6) is 1.45. The Kier molecular flexibility index (Phi) is 8.37. The molecule has 6 nitrogen and oxygen atoms in total. The van der Waals surface area contributed by atoms with E-state index in [9.17, 15) is 9.59 Å². The Balaban J connectivity index is 1.26. The summed E-state index contributed by atoms with van der Waals surface area (Å²) in [6, 6.07) is 7.83. The monoisotopic (exact) mass is 469 g/mol. The van der Waals surface area contributed by atoms with Gasteiger partial charge in [-0.15, -0.1) is 11.3 Å². The Morgan fingerprint density at radius 3 is 2.39 bits per heavy atom. The van der Waals surface area contributed by atoms with Crippen molar-refractivity contribution in [2.24, 2.45) is 5.92 Å². The van der Waals surface area contributed by atoms with E-state index < -0.39 is 0 Å². The Morgan fingerprint density at radius 1 is 1.00 bits per heavy atom. The molecule has 1 aromatic heterocycles. The minimum absolute atomic E-state index is 0.00162. The summed E-state index contributed by atoms with van der Waals surface area (Å²) in [5, 5.41) is 8.88. The summed E-state index contributed by atoms with van der Waals surface area (Å²) in [6.07, 6.45) is 10.7. The molecule has 0 unspecified atom stereocenters. The van der Waals surface area contributed by atoms with E-state index in [1.807, 2.05) is 31.2 Å². The number of nitrogens with zero attached hydrogens (tertiary/aromatic N) is 1. The average Bonchev–Trinajstić information content (AvgIpc) is 3.51. The normalized spacial score (nSPS) is 21.0. The molecule has 2 aliphatic rings. The standard InChI is InChI=1S/C26H35N3O3S/c1-18-10-13-20(14-11-18)32-16-25-28-23(17-33-25)26(31)29-22-9-5-4-8-21(22)27-24(30)15-12-19-6-2-3-7-19/h10-11,13-14,17,19,21-22H,2-9,12,15-16H2,1H3,(H,27,30)(H,29,31)/t21-,22-/m1/s1. The number of carbonyl (C=O) groups excluding carboxylic acids is 2. The molecule has 1 aromatic carbocycles. The fourth-order valence-electron chi connectivity index (χ4n) is 4.89. The number of rotatable bonds is 9. The molecular formula is C26H35N3O3S. The van der Waals surface area contributed by atoms with Gasteiger partial charge in [0.2, 0.25) is 5.91 Å². The smallest absolute Gasteiger partial charge is 0.271 e. The van der Waals surface area contributed by atoms with Crippen LogP contribution in [0, 0.1) is 12.8 Å². The molecule has 2 N–H and O–H groups in total. The highest BCUT2D eigenvalue weighted by molar-refractivity contribution is 7.09. The number of benzene rings is 1. The van der Waals surface area contributed by atoms with E-state index in [0.29, 0.717) is 24.6 Å². The first-order chi connectivity index (χ1) is 16.1. The Bertz CT molecular complexity index is 921. The fraction of sp³-hybridized carbons (Fsp3) is 0.577. The van der Waals surface area contributed by atoms with Gasteiger partial charge < -0.3 is 15.4 Å². The minimum atomic E-state index is -0.176. The number of hydrogen-bond acceptors (Lipinski definition) is 5. The lowest BCUT2D eigenvalue weighted by atomic mass is 9.90. The van der Waals surface area contributed by atoms with Crippen LogP contribution in [0.25, 0.3) is 0 Å². The van der Waals surface area contributed by atoms with Gasteiger partial charge in [0.15, 0.2) is 0 Å². The molecule has 0 bridgehead atoms. The molecule has 2 saturated carbocycles. The molecule has 0 saturated heterocycles. The van der Waals surface area contributed by atoms with Gasteiger partial charge in [-0.3, -0.25) is 9.59 Å². The fourth-order valence-corrected chi connectivity index (χ4v) is 5.58. The van der Waals surface area contributed by atoms with Gasteiger partial charge in [-0.2, -0.15) is 0 Å². The number of aromatic nitrogens is 1. The Labute approximate surface area is 200 Å². The first kappa shape index (κ1) is 23.7. The van der Waals surface area contributed by atoms with Crippen molar-refractivity contribution in [3.8, 4) is 5.75 Å². The third-order valence-electron chi connectivity index (χ3n) is 6.85. The molecule has 33 heavy (non-hydrogen) atoms. The number of carbonyl (C=O) groups is 2. The van der Waals surface area contributed by atoms with Gasteiger partial charge in [0.1, 0.15) is 23.1 Å². The molecule has 0 radical (unpaired) electrons. The van der Waals surface area contributed by atoms with Crippen molar-refractivity contribution in [2.45, 2.75) is 89.8 Å². The number of aryl methyl sites for hydroxylation is 1. The van der Waals surface area contributed by atoms with Gasteiger partial charge in [0.25, 0.3) is 5.91 Å². The lowest BCUT2D eigenvalue weighted by molar-refractivity contribution is -0.122. The van der Waals surface area contributed by atoms with Crippen LogP contribution in [0.5, 0.6) is 5.75 Å². The highest BCUT2D eigenvalue weighted by atomic mass is 32.1. The molecule has 1 heterocycles. The zero-order chi connectivity index (χ0) is 23.0. The molecule has 178 valence electrons. The van der Waals surface area contributed by atoms with Crippen LogP contribution >= 0.6 is 11.3 Å². The van der Waals surface area contributed by atoms with E-state index in [1.165, 1.54) is 42.6 Å². The topological polar surface area (TPSA) is 80.3 Å². The zero-order valence-electron chi connectivity index (χ0n) is 19.5. The first-order valence-electron chi connectivity index (χ1n) is 12.3. The van der Waals surface area contributed by atoms with Crippen LogP contribution in [0.2, 0.25) is 0 Å². The van der Waals surface area contributed by atoms with Gasteiger partial charge in [0, 0.05) is 23.9 Å². The maximum Gasteiger partial charge on any atom is 0.271 e. The molecule has 2 atom stereocenters. The van der Waals surface area contributed by atoms with Crippen LogP contribution in [0.1, 0.15) is 85.3 Å². The number of ether oxygens (including phenoxy) is 1. The summed E-state index contributed by atoms with van der Waals surface area (Å²) in [5.41, 5.74) is 1.60. The summed E-state index contributed by atoms with van der Waals surface area (Å²) in [6.45, 7) is 2.37. The van der Waals surface area contributed by atoms with Gasteiger partial charge in [-0.25, -0.2) is 4.98 Å². The maximum atomic E-state index is 12.8. The second-order valence-corrected chi connectivity index (χ2v) is 10.4. The third kappa shape index (κ3) is 7.03. The molecule has 4 rings (SSSR count). The van der Waals surface area contributed by atoms with E-state index in [0.717, 1.165) is 42.9 Å². The third-order valence-corrected chi connectivity index (χ3v) is 7.67. The van der Waals surface area contributed by atoms with Crippen molar-refractivity contribution in [1.82, 2.24) is 15.6 Å². The first-order valence-corrected chi connectivity index (χ1v) is 13.2. The average molecular weight is 470 g/mol. The summed E-state index contributed by atoms with van der Waals surface area (Å²) in [4.78, 5) is 29.8. The number of hydrogen-bond donors (Lipinski definition) is 2. The van der Waals surface area contributed by atoms with E-state index in [-0.39, 0.29) is 23.9 Å². The summed E-state index contributed by atoms with van der Waals surface area (Å²) < 4.78 is 5.78. The van der Waals surface area contributed by atoms with E-state index in [4.69, 9.17) is 4.74 Å². The lowest BCUT2D eigenvalue weighted by Gasteiger charge is -2.32. The molecule has 2 fully saturated rings. The van der Waals surface area contributed by atoms with Crippen LogP contribution in [-0.4, -0.2) is 28.9 Å². The summed E-state index contributed by atoms with van der Waals surface area (Å²) >= 11 is 1.43. The lowest BCUT2D eigenvalue weighted by Crippen LogP contribution is -2.53. The predicted octanol–water partition coefficient (Wildman–Crippen LogP) is 5.16. The van der Waals surface area contributed by atoms with Crippen LogP contribution in [0.15, 0.2) is 29.6 Å². The van der Waals surface area contributed by atoms with Crippen molar-refractivity contribution in [2.75, 3.05) is 0 Å². The number of amides is 2. The molecular weight excluding hydrogens is 434 g/mol. The van der Waals surface area contributed by atoms with E-state index in [2.05, 4.69) is 15.6 Å². The highest BCUT2D eigenvalue weighted by Gasteiger charge is 2.29. The zero-order valence-corrected chi connectivity index (χ0v) is 20.3. The number of thiazole rings is 1. The SMILES string of the molecule is Cc1ccc(OCc2nc(C(=O)N[C@@H]3CCCC[C@H]3NC(=O)CCC3CCCC3)cs2)cc1. The predicted molar refractivity (Wildman–Crippen MR) is 130 cm³/mol. The van der Waals surface area contributed by atoms with Gasteiger partial charge >= 0.3 is 0 Å². The van der Waals surface area contributed by atoms with Crippen LogP contribution < -0.4 is 15.4 Å². The van der Waals surface area contributed by atoms with Crippen molar-refractivity contribution in [1.29, 1.82) is 0 Å². The van der Waals surface area contributed by atoms with Crippen LogP contribution in [0.4, 0.5) is 0 Å². The molecule has 2 aromatic rings. The number of nitrogens with one attached hydrogen (secondary N) is 2. The molecule has 7 heteroatoms. The van der Waals surface area contributed by atoms with Crippen molar-refractivity contribution < 1.29 is 14.3 Å². The van der Waals surface area contributed by atoms with Crippen molar-refractivity contribution in [3.05, 3.63) is 45.9 Å². The van der Waals surface area contributed by atoms with Crippen LogP contribution in [-0.2, 0) is 11.4 Å². The quantitative estimate of drug-likeness (QED) is 0.532. The summed E-state index contributed by atoms with van der Waals surface area (Å²) in [7, 11) is 0. The second kappa shape index (κ2) is 11.6. The van der Waals surface area contributed by atoms with Gasteiger partial charge in [0.05, 0.1) is 0 Å². The van der Waals surface area contributed by atoms with Crippen molar-refractivity contribution >= 4 is 23.2 Å². The largest absolute Gasteiger partial charge is 0.486 e. The molecule has 0 aliphatic heterocycles. The second-order valence-electron chi connectivity index (χ2n) is 9.46. The van der Waals surface area contributed by atoms with Gasteiger partial charge in [-0.05, 0) is 44.2 Å². The van der Waals surface area contributed by atoms with E-state index >= 15 is 0 Å². The highest BCUT2D eigenvalue weighted by Crippen LogP contribution is 2.28. The Hall–Kier alpha value is -2.41. The van der Waals surface area contributed by atoms with E-state index in [1.54, 1.807) is 5.38 Å². The van der Waals surface area contributed by atoms with Crippen LogP contribution in [0.3, 0.4) is 0 Å². The van der Waals surface area contributed by atoms with Crippen molar-refractivity contribution in [3.63, 3.8) is 0 Å². The molecule has 2 amide bonds. The molecule has 0 spiro atoms. The minimum Gasteiger partial charge on any atom is -0.486 e. The molecule has 2 aliphatic carbocycles. The Morgan fingerprint density at radius 2 is 1.67 bits per heavy atom.